The molecule has 1 aromatic heterocycles. The highest BCUT2D eigenvalue weighted by Gasteiger charge is 2.20. The first-order valence-corrected chi connectivity index (χ1v) is 6.99. The summed E-state index contributed by atoms with van der Waals surface area (Å²) in [5, 5.41) is 5.42. The summed E-state index contributed by atoms with van der Waals surface area (Å²) in [6.45, 7) is 1.98. The Morgan fingerprint density at radius 1 is 1.44 bits per heavy atom. The Kier molecular flexibility index (Phi) is 4.13. The predicted octanol–water partition coefficient (Wildman–Crippen LogP) is 3.24. The van der Waals surface area contributed by atoms with Gasteiger partial charge in [0.15, 0.2) is 5.78 Å². The van der Waals surface area contributed by atoms with E-state index in [1.54, 1.807) is 0 Å². The summed E-state index contributed by atoms with van der Waals surface area (Å²) in [6, 6.07) is 4.35. The Morgan fingerprint density at radius 2 is 2.19 bits per heavy atom. The van der Waals surface area contributed by atoms with Crippen LogP contribution in [0.1, 0.15) is 48.7 Å². The van der Waals surface area contributed by atoms with Crippen molar-refractivity contribution in [3.8, 4) is 0 Å². The molecule has 1 atom stereocenters. The first kappa shape index (κ1) is 11.8. The van der Waals surface area contributed by atoms with Crippen LogP contribution in [0.2, 0.25) is 0 Å². The summed E-state index contributed by atoms with van der Waals surface area (Å²) in [5.74, 6) is 0.237. The molecule has 1 unspecified atom stereocenters. The van der Waals surface area contributed by atoms with E-state index >= 15 is 0 Å². The van der Waals surface area contributed by atoms with E-state index in [0.717, 1.165) is 4.88 Å². The minimum atomic E-state index is -0.0400. The van der Waals surface area contributed by atoms with E-state index in [4.69, 9.17) is 0 Å². The van der Waals surface area contributed by atoms with E-state index < -0.39 is 0 Å². The average molecular weight is 237 g/mol. The molecular formula is C13H19NOS. The second kappa shape index (κ2) is 5.60. The van der Waals surface area contributed by atoms with Gasteiger partial charge in [-0.05, 0) is 31.2 Å². The van der Waals surface area contributed by atoms with Gasteiger partial charge in [-0.25, -0.2) is 0 Å². The predicted molar refractivity (Wildman–Crippen MR) is 68.1 cm³/mol. The highest BCUT2D eigenvalue weighted by molar-refractivity contribution is 7.12. The standard InChI is InChI=1S/C13H19NOS/c1-10(13(15)12-8-5-9-16-12)14-11-6-3-2-4-7-11/h5,8-11,14H,2-4,6-7H2,1H3. The van der Waals surface area contributed by atoms with Crippen molar-refractivity contribution in [2.75, 3.05) is 0 Å². The van der Waals surface area contributed by atoms with Crippen LogP contribution in [0.25, 0.3) is 0 Å². The van der Waals surface area contributed by atoms with Crippen molar-refractivity contribution in [1.82, 2.24) is 5.32 Å². The fraction of sp³-hybridized carbons (Fsp3) is 0.615. The van der Waals surface area contributed by atoms with Gasteiger partial charge >= 0.3 is 0 Å². The number of ketones is 1. The molecule has 1 aromatic rings. The summed E-state index contributed by atoms with van der Waals surface area (Å²) in [6.07, 6.45) is 6.41. The number of hydrogen-bond donors (Lipinski definition) is 1. The minimum absolute atomic E-state index is 0.0400. The Balaban J connectivity index is 1.87. The van der Waals surface area contributed by atoms with Crippen molar-refractivity contribution >= 4 is 17.1 Å². The molecule has 16 heavy (non-hydrogen) atoms. The molecule has 0 radical (unpaired) electrons. The van der Waals surface area contributed by atoms with Gasteiger partial charge in [0.1, 0.15) is 0 Å². The Morgan fingerprint density at radius 3 is 2.81 bits per heavy atom. The van der Waals surface area contributed by atoms with Crippen LogP contribution in [-0.2, 0) is 0 Å². The Labute approximate surface area is 101 Å². The van der Waals surface area contributed by atoms with Crippen LogP contribution < -0.4 is 5.32 Å². The molecule has 0 spiro atoms. The first-order valence-electron chi connectivity index (χ1n) is 6.11. The fourth-order valence-corrected chi connectivity index (χ4v) is 3.08. The topological polar surface area (TPSA) is 29.1 Å². The van der Waals surface area contributed by atoms with Gasteiger partial charge in [0, 0.05) is 6.04 Å². The number of hydrogen-bond acceptors (Lipinski definition) is 3. The largest absolute Gasteiger partial charge is 0.305 e. The molecule has 1 aliphatic carbocycles. The smallest absolute Gasteiger partial charge is 0.189 e. The Hall–Kier alpha value is -0.670. The van der Waals surface area contributed by atoms with Crippen LogP contribution in [0.5, 0.6) is 0 Å². The van der Waals surface area contributed by atoms with Crippen molar-refractivity contribution in [1.29, 1.82) is 0 Å². The molecule has 3 heteroatoms. The molecule has 1 heterocycles. The molecule has 0 bridgehead atoms. The second-order valence-electron chi connectivity index (χ2n) is 4.56. The summed E-state index contributed by atoms with van der Waals surface area (Å²) >= 11 is 1.53. The number of carbonyl (C=O) groups excluding carboxylic acids is 1. The number of thiophene rings is 1. The van der Waals surface area contributed by atoms with Gasteiger partial charge in [0.25, 0.3) is 0 Å². The lowest BCUT2D eigenvalue weighted by Gasteiger charge is -2.25. The van der Waals surface area contributed by atoms with Crippen LogP contribution in [0.15, 0.2) is 17.5 Å². The summed E-state index contributed by atoms with van der Waals surface area (Å²) in [7, 11) is 0. The maximum atomic E-state index is 12.0. The van der Waals surface area contributed by atoms with Crippen LogP contribution in [0.4, 0.5) is 0 Å². The molecule has 1 saturated carbocycles. The minimum Gasteiger partial charge on any atom is -0.305 e. The van der Waals surface area contributed by atoms with Gasteiger partial charge in [0.2, 0.25) is 0 Å². The van der Waals surface area contributed by atoms with Crippen molar-refractivity contribution in [3.63, 3.8) is 0 Å². The first-order chi connectivity index (χ1) is 7.77. The molecular weight excluding hydrogens is 218 g/mol. The maximum absolute atomic E-state index is 12.0. The summed E-state index contributed by atoms with van der Waals surface area (Å²) in [5.41, 5.74) is 0. The zero-order valence-electron chi connectivity index (χ0n) is 9.74. The molecule has 88 valence electrons. The van der Waals surface area contributed by atoms with Crippen molar-refractivity contribution in [2.45, 2.75) is 51.1 Å². The third-order valence-electron chi connectivity index (χ3n) is 3.25. The van der Waals surface area contributed by atoms with Gasteiger partial charge < -0.3 is 5.32 Å². The van der Waals surface area contributed by atoms with Crippen molar-refractivity contribution in [2.24, 2.45) is 0 Å². The van der Waals surface area contributed by atoms with E-state index in [-0.39, 0.29) is 11.8 Å². The molecule has 0 aromatic carbocycles. The summed E-state index contributed by atoms with van der Waals surface area (Å²) in [4.78, 5) is 12.9. The van der Waals surface area contributed by atoms with Crippen LogP contribution in [0, 0.1) is 0 Å². The Bertz CT molecular complexity index is 328. The average Bonchev–Trinajstić information content (AvgIpc) is 2.83. The molecule has 2 nitrogen and oxygen atoms in total. The van der Waals surface area contributed by atoms with E-state index in [2.05, 4.69) is 5.32 Å². The normalized spacial score (nSPS) is 19.6. The second-order valence-corrected chi connectivity index (χ2v) is 5.51. The van der Waals surface area contributed by atoms with Gasteiger partial charge in [-0.1, -0.05) is 25.3 Å². The van der Waals surface area contributed by atoms with E-state index in [0.29, 0.717) is 6.04 Å². The zero-order chi connectivity index (χ0) is 11.4. The molecule has 1 aliphatic rings. The summed E-state index contributed by atoms with van der Waals surface area (Å²) < 4.78 is 0. The third-order valence-corrected chi connectivity index (χ3v) is 4.13. The van der Waals surface area contributed by atoms with Crippen molar-refractivity contribution in [3.05, 3.63) is 22.4 Å². The quantitative estimate of drug-likeness (QED) is 0.815. The lowest BCUT2D eigenvalue weighted by Crippen LogP contribution is -2.42. The van der Waals surface area contributed by atoms with Crippen LogP contribution >= 0.6 is 11.3 Å². The van der Waals surface area contributed by atoms with Crippen molar-refractivity contribution < 1.29 is 4.79 Å². The van der Waals surface area contributed by atoms with E-state index in [1.165, 1.54) is 43.4 Å². The monoisotopic (exact) mass is 237 g/mol. The zero-order valence-corrected chi connectivity index (χ0v) is 10.6. The molecule has 1 N–H and O–H groups in total. The molecule has 1 fully saturated rings. The number of Topliss-reactive ketones (excluding diaryl/α,β-unsaturated/α-hetero) is 1. The lowest BCUT2D eigenvalue weighted by molar-refractivity contribution is 0.0944. The highest BCUT2D eigenvalue weighted by Crippen LogP contribution is 2.19. The highest BCUT2D eigenvalue weighted by atomic mass is 32.1. The van der Waals surface area contributed by atoms with Gasteiger partial charge in [-0.15, -0.1) is 11.3 Å². The number of rotatable bonds is 4. The third kappa shape index (κ3) is 2.92. The fourth-order valence-electron chi connectivity index (χ4n) is 2.33. The lowest BCUT2D eigenvalue weighted by atomic mass is 9.94. The van der Waals surface area contributed by atoms with Gasteiger partial charge in [0.05, 0.1) is 10.9 Å². The van der Waals surface area contributed by atoms with Crippen LogP contribution in [-0.4, -0.2) is 17.9 Å². The molecule has 2 rings (SSSR count). The van der Waals surface area contributed by atoms with E-state index in [1.807, 2.05) is 24.4 Å². The maximum Gasteiger partial charge on any atom is 0.189 e. The SMILES string of the molecule is CC(NC1CCCCC1)C(=O)c1cccs1. The van der Waals surface area contributed by atoms with Gasteiger partial charge in [-0.2, -0.15) is 0 Å². The molecule has 0 saturated heterocycles. The molecule has 0 amide bonds. The number of carbonyl (C=O) groups is 1. The number of nitrogens with one attached hydrogen (secondary N) is 1. The van der Waals surface area contributed by atoms with E-state index in [9.17, 15) is 4.79 Å². The molecule has 0 aliphatic heterocycles. The van der Waals surface area contributed by atoms with Gasteiger partial charge in [-0.3, -0.25) is 4.79 Å². The van der Waals surface area contributed by atoms with Crippen LogP contribution in [0.3, 0.4) is 0 Å².